The van der Waals surface area contributed by atoms with Gasteiger partial charge >= 0.3 is 0 Å². The Hall–Kier alpha value is -1.92. The van der Waals surface area contributed by atoms with E-state index in [0.717, 1.165) is 28.2 Å². The predicted molar refractivity (Wildman–Crippen MR) is 87.2 cm³/mol. The molecule has 0 aliphatic rings. The van der Waals surface area contributed by atoms with Gasteiger partial charge in [-0.25, -0.2) is 4.98 Å². The highest BCUT2D eigenvalue weighted by molar-refractivity contribution is 6.83. The fourth-order valence-corrected chi connectivity index (χ4v) is 2.16. The Kier molecular flexibility index (Phi) is 4.06. The molecule has 0 radical (unpaired) electrons. The van der Waals surface area contributed by atoms with Crippen LogP contribution in [0.2, 0.25) is 19.6 Å². The average molecular weight is 280 g/mol. The largest absolute Gasteiger partial charge is 0.254 e. The van der Waals surface area contributed by atoms with Gasteiger partial charge in [0.05, 0.1) is 11.4 Å². The minimum Gasteiger partial charge on any atom is -0.254 e. The third kappa shape index (κ3) is 3.78. The molecule has 0 saturated heterocycles. The Morgan fingerprint density at radius 2 is 1.65 bits per heavy atom. The van der Waals surface area contributed by atoms with Crippen LogP contribution in [0, 0.1) is 25.3 Å². The summed E-state index contributed by atoms with van der Waals surface area (Å²) in [5.74, 6) is 3.25. The van der Waals surface area contributed by atoms with Crippen LogP contribution in [0.4, 0.5) is 0 Å². The van der Waals surface area contributed by atoms with E-state index in [-0.39, 0.29) is 0 Å². The fourth-order valence-electron chi connectivity index (χ4n) is 1.66. The number of pyridine rings is 2. The molecule has 3 heteroatoms. The van der Waals surface area contributed by atoms with Crippen molar-refractivity contribution < 1.29 is 0 Å². The van der Waals surface area contributed by atoms with E-state index in [1.807, 2.05) is 32.2 Å². The molecular weight excluding hydrogens is 260 g/mol. The van der Waals surface area contributed by atoms with Crippen molar-refractivity contribution in [2.75, 3.05) is 0 Å². The number of hydrogen-bond acceptors (Lipinski definition) is 2. The molecule has 20 heavy (non-hydrogen) atoms. The highest BCUT2D eigenvalue weighted by Gasteiger charge is 2.09. The molecule has 0 unspecified atom stereocenters. The van der Waals surface area contributed by atoms with E-state index >= 15 is 0 Å². The summed E-state index contributed by atoms with van der Waals surface area (Å²) < 4.78 is 0. The SMILES string of the molecule is Cc1ccc(-c2ccc(C)c(C#C[Si](C)(C)C)n2)nc1. The van der Waals surface area contributed by atoms with Crippen LogP contribution in [-0.2, 0) is 0 Å². The molecule has 0 amide bonds. The van der Waals surface area contributed by atoms with Crippen molar-refractivity contribution in [1.29, 1.82) is 0 Å². The first-order valence-electron chi connectivity index (χ1n) is 6.79. The fraction of sp³-hybridized carbons (Fsp3) is 0.294. The van der Waals surface area contributed by atoms with E-state index in [1.54, 1.807) is 0 Å². The van der Waals surface area contributed by atoms with E-state index in [0.29, 0.717) is 0 Å². The van der Waals surface area contributed by atoms with Crippen LogP contribution in [0.5, 0.6) is 0 Å². The van der Waals surface area contributed by atoms with Crippen LogP contribution >= 0.6 is 0 Å². The van der Waals surface area contributed by atoms with Gasteiger partial charge in [-0.05, 0) is 37.1 Å². The summed E-state index contributed by atoms with van der Waals surface area (Å²) in [6.07, 6.45) is 1.87. The summed E-state index contributed by atoms with van der Waals surface area (Å²) in [7, 11) is -1.38. The molecule has 2 rings (SSSR count). The number of rotatable bonds is 1. The summed E-state index contributed by atoms with van der Waals surface area (Å²) in [6, 6.07) is 8.13. The molecule has 0 spiro atoms. The van der Waals surface area contributed by atoms with Gasteiger partial charge in [-0.2, -0.15) is 0 Å². The zero-order valence-corrected chi connectivity index (χ0v) is 13.8. The molecule has 0 aromatic carbocycles. The zero-order valence-electron chi connectivity index (χ0n) is 12.8. The second-order valence-electron chi connectivity index (χ2n) is 6.08. The van der Waals surface area contributed by atoms with Crippen LogP contribution in [0.1, 0.15) is 16.8 Å². The van der Waals surface area contributed by atoms with Crippen LogP contribution in [0.3, 0.4) is 0 Å². The van der Waals surface area contributed by atoms with Gasteiger partial charge in [0, 0.05) is 6.20 Å². The average Bonchev–Trinajstić information content (AvgIpc) is 2.38. The van der Waals surface area contributed by atoms with Crippen LogP contribution in [0.15, 0.2) is 30.5 Å². The van der Waals surface area contributed by atoms with Gasteiger partial charge in [-0.15, -0.1) is 5.54 Å². The molecule has 0 bridgehead atoms. The summed E-state index contributed by atoms with van der Waals surface area (Å²) in [5, 5.41) is 0. The minimum absolute atomic E-state index is 0.868. The zero-order chi connectivity index (χ0) is 14.8. The van der Waals surface area contributed by atoms with E-state index in [1.165, 1.54) is 0 Å². The normalized spacial score (nSPS) is 10.8. The van der Waals surface area contributed by atoms with Crippen LogP contribution in [-0.4, -0.2) is 18.0 Å². The number of nitrogens with zero attached hydrogens (tertiary/aromatic N) is 2. The van der Waals surface area contributed by atoms with Crippen molar-refractivity contribution >= 4 is 8.07 Å². The van der Waals surface area contributed by atoms with Crippen molar-refractivity contribution in [2.24, 2.45) is 0 Å². The van der Waals surface area contributed by atoms with Gasteiger partial charge in [-0.3, -0.25) is 4.98 Å². The standard InChI is InChI=1S/C17H20N2Si/c1-13-6-8-16(18-12-13)17-9-7-14(2)15(19-17)10-11-20(3,4)5/h6-9,12H,1-5H3. The highest BCUT2D eigenvalue weighted by atomic mass is 28.3. The molecule has 0 aliphatic carbocycles. The highest BCUT2D eigenvalue weighted by Crippen LogP contribution is 2.16. The van der Waals surface area contributed by atoms with Crippen molar-refractivity contribution in [3.63, 3.8) is 0 Å². The monoisotopic (exact) mass is 280 g/mol. The Bertz CT molecular complexity index is 671. The number of aryl methyl sites for hydroxylation is 2. The maximum atomic E-state index is 4.66. The van der Waals surface area contributed by atoms with Gasteiger partial charge in [-0.1, -0.05) is 37.7 Å². The number of hydrogen-bond donors (Lipinski definition) is 0. The first-order chi connectivity index (χ1) is 9.35. The minimum atomic E-state index is -1.38. The topological polar surface area (TPSA) is 25.8 Å². The molecule has 0 fully saturated rings. The Morgan fingerprint density at radius 3 is 2.25 bits per heavy atom. The van der Waals surface area contributed by atoms with Gasteiger partial charge < -0.3 is 0 Å². The summed E-state index contributed by atoms with van der Waals surface area (Å²) in [4.78, 5) is 9.09. The van der Waals surface area contributed by atoms with Crippen molar-refractivity contribution in [1.82, 2.24) is 9.97 Å². The lowest BCUT2D eigenvalue weighted by Crippen LogP contribution is -2.16. The first-order valence-corrected chi connectivity index (χ1v) is 10.3. The second kappa shape index (κ2) is 5.60. The Morgan fingerprint density at radius 1 is 0.950 bits per heavy atom. The molecule has 2 aromatic heterocycles. The van der Waals surface area contributed by atoms with Crippen LogP contribution < -0.4 is 0 Å². The van der Waals surface area contributed by atoms with Crippen LogP contribution in [0.25, 0.3) is 11.4 Å². The van der Waals surface area contributed by atoms with Crippen molar-refractivity contribution in [2.45, 2.75) is 33.5 Å². The number of aromatic nitrogens is 2. The molecule has 2 aromatic rings. The maximum absolute atomic E-state index is 4.66. The summed E-state index contributed by atoms with van der Waals surface area (Å²) in [6.45, 7) is 10.8. The second-order valence-corrected chi connectivity index (χ2v) is 10.8. The molecule has 0 saturated carbocycles. The molecule has 0 atom stereocenters. The van der Waals surface area contributed by atoms with E-state index in [2.05, 4.69) is 53.2 Å². The lowest BCUT2D eigenvalue weighted by atomic mass is 10.1. The quantitative estimate of drug-likeness (QED) is 0.583. The lowest BCUT2D eigenvalue weighted by Gasteiger charge is -2.06. The van der Waals surface area contributed by atoms with Gasteiger partial charge in [0.2, 0.25) is 0 Å². The first kappa shape index (κ1) is 14.5. The van der Waals surface area contributed by atoms with Crippen molar-refractivity contribution in [3.05, 3.63) is 47.3 Å². The van der Waals surface area contributed by atoms with Gasteiger partial charge in [0.25, 0.3) is 0 Å². The molecule has 0 N–H and O–H groups in total. The summed E-state index contributed by atoms with van der Waals surface area (Å²) >= 11 is 0. The maximum Gasteiger partial charge on any atom is 0.129 e. The molecule has 2 heterocycles. The predicted octanol–water partition coefficient (Wildman–Crippen LogP) is 3.99. The van der Waals surface area contributed by atoms with Gasteiger partial charge in [0.15, 0.2) is 0 Å². The third-order valence-electron chi connectivity index (χ3n) is 2.83. The van der Waals surface area contributed by atoms with Gasteiger partial charge in [0.1, 0.15) is 13.8 Å². The molecular formula is C17H20N2Si. The van der Waals surface area contributed by atoms with E-state index in [9.17, 15) is 0 Å². The molecule has 102 valence electrons. The van der Waals surface area contributed by atoms with Crippen molar-refractivity contribution in [3.8, 4) is 22.9 Å². The Balaban J connectivity index is 2.42. The molecule has 2 nitrogen and oxygen atoms in total. The van der Waals surface area contributed by atoms with E-state index in [4.69, 9.17) is 0 Å². The smallest absolute Gasteiger partial charge is 0.129 e. The summed E-state index contributed by atoms with van der Waals surface area (Å²) in [5.41, 5.74) is 8.29. The molecule has 0 aliphatic heterocycles. The Labute approximate surface area is 122 Å². The third-order valence-corrected chi connectivity index (χ3v) is 3.70. The lowest BCUT2D eigenvalue weighted by molar-refractivity contribution is 1.19. The van der Waals surface area contributed by atoms with E-state index < -0.39 is 8.07 Å².